The molecule has 0 atom stereocenters. The van der Waals surface area contributed by atoms with Crippen molar-refractivity contribution >= 4 is 5.82 Å². The van der Waals surface area contributed by atoms with Gasteiger partial charge >= 0.3 is 0 Å². The van der Waals surface area contributed by atoms with Gasteiger partial charge in [0, 0.05) is 18.0 Å². The molecule has 0 spiro atoms. The summed E-state index contributed by atoms with van der Waals surface area (Å²) in [6.45, 7) is 0. The van der Waals surface area contributed by atoms with Gasteiger partial charge in [-0.2, -0.15) is 0 Å². The molecule has 3 heteroatoms. The Bertz CT molecular complexity index is 693. The molecule has 2 aromatic carbocycles. The predicted octanol–water partition coefficient (Wildman–Crippen LogP) is 3.39. The maximum atomic E-state index is 5.93. The molecule has 3 nitrogen and oxygen atoms in total. The highest BCUT2D eigenvalue weighted by Gasteiger charge is 2.10. The van der Waals surface area contributed by atoms with E-state index in [0.717, 1.165) is 22.4 Å². The molecule has 0 fully saturated rings. The molecule has 92 valence electrons. The van der Waals surface area contributed by atoms with E-state index in [9.17, 15) is 0 Å². The first-order valence-electron chi connectivity index (χ1n) is 6.07. The Morgan fingerprint density at radius 3 is 2.05 bits per heavy atom. The summed E-state index contributed by atoms with van der Waals surface area (Å²) in [6.07, 6.45) is 3.26. The van der Waals surface area contributed by atoms with E-state index >= 15 is 0 Å². The van der Waals surface area contributed by atoms with E-state index in [1.165, 1.54) is 0 Å². The Morgan fingerprint density at radius 2 is 1.32 bits per heavy atom. The summed E-state index contributed by atoms with van der Waals surface area (Å²) in [5.74, 6) is 0.450. The Labute approximate surface area is 111 Å². The lowest BCUT2D eigenvalue weighted by Crippen LogP contribution is -1.97. The number of nitrogens with two attached hydrogens (primary N) is 1. The minimum absolute atomic E-state index is 0.450. The first-order chi connectivity index (χ1) is 9.36. The van der Waals surface area contributed by atoms with Crippen LogP contribution in [0.25, 0.3) is 22.4 Å². The van der Waals surface area contributed by atoms with Crippen LogP contribution in [0.3, 0.4) is 0 Å². The Kier molecular flexibility index (Phi) is 2.94. The Balaban J connectivity index is 2.21. The van der Waals surface area contributed by atoms with Gasteiger partial charge in [0.15, 0.2) is 0 Å². The number of nitrogens with zero attached hydrogens (tertiary/aromatic N) is 2. The molecule has 0 radical (unpaired) electrons. The summed E-state index contributed by atoms with van der Waals surface area (Å²) in [7, 11) is 0. The van der Waals surface area contributed by atoms with Gasteiger partial charge in [0.2, 0.25) is 0 Å². The molecule has 0 aliphatic carbocycles. The SMILES string of the molecule is Nc1nccnc1-c1ccccc1-c1ccccc1. The molecule has 0 bridgehead atoms. The van der Waals surface area contributed by atoms with E-state index in [4.69, 9.17) is 5.73 Å². The topological polar surface area (TPSA) is 51.8 Å². The van der Waals surface area contributed by atoms with Gasteiger partial charge < -0.3 is 5.73 Å². The van der Waals surface area contributed by atoms with Crippen molar-refractivity contribution in [3.05, 3.63) is 67.0 Å². The standard InChI is InChI=1S/C16H13N3/c17-16-15(18-10-11-19-16)14-9-5-4-8-13(14)12-6-2-1-3-7-12/h1-11H,(H2,17,19). The van der Waals surface area contributed by atoms with Crippen LogP contribution in [0.2, 0.25) is 0 Å². The van der Waals surface area contributed by atoms with Gasteiger partial charge in [-0.1, -0.05) is 54.6 Å². The number of aromatic nitrogens is 2. The monoisotopic (exact) mass is 247 g/mol. The third kappa shape index (κ3) is 2.18. The molecule has 0 aliphatic rings. The summed E-state index contributed by atoms with van der Waals surface area (Å²) in [5, 5.41) is 0. The molecule has 0 saturated heterocycles. The van der Waals surface area contributed by atoms with E-state index in [1.54, 1.807) is 12.4 Å². The van der Waals surface area contributed by atoms with Gasteiger partial charge in [-0.05, 0) is 11.1 Å². The highest BCUT2D eigenvalue weighted by Crippen LogP contribution is 2.32. The summed E-state index contributed by atoms with van der Waals surface area (Å²) in [4.78, 5) is 8.45. The van der Waals surface area contributed by atoms with Gasteiger partial charge in [-0.25, -0.2) is 4.98 Å². The average molecular weight is 247 g/mol. The van der Waals surface area contributed by atoms with Crippen molar-refractivity contribution in [2.45, 2.75) is 0 Å². The van der Waals surface area contributed by atoms with Crippen LogP contribution in [-0.2, 0) is 0 Å². The van der Waals surface area contributed by atoms with E-state index in [2.05, 4.69) is 28.2 Å². The fourth-order valence-corrected chi connectivity index (χ4v) is 2.12. The fourth-order valence-electron chi connectivity index (χ4n) is 2.12. The largest absolute Gasteiger partial charge is 0.382 e. The fraction of sp³-hybridized carbons (Fsp3) is 0. The second-order valence-electron chi connectivity index (χ2n) is 4.20. The van der Waals surface area contributed by atoms with Crippen LogP contribution in [0.1, 0.15) is 0 Å². The van der Waals surface area contributed by atoms with E-state index in [1.807, 2.05) is 36.4 Å². The number of hydrogen-bond acceptors (Lipinski definition) is 3. The summed E-state index contributed by atoms with van der Waals surface area (Å²) in [6, 6.07) is 18.3. The molecule has 1 heterocycles. The highest BCUT2D eigenvalue weighted by molar-refractivity contribution is 5.85. The zero-order chi connectivity index (χ0) is 13.1. The number of rotatable bonds is 2. The van der Waals surface area contributed by atoms with Crippen LogP contribution in [0.4, 0.5) is 5.82 Å². The maximum absolute atomic E-state index is 5.93. The molecule has 1 aromatic heterocycles. The third-order valence-electron chi connectivity index (χ3n) is 2.99. The highest BCUT2D eigenvalue weighted by atomic mass is 14.9. The molecule has 19 heavy (non-hydrogen) atoms. The zero-order valence-corrected chi connectivity index (χ0v) is 10.3. The molecular formula is C16H13N3. The second-order valence-corrected chi connectivity index (χ2v) is 4.20. The van der Waals surface area contributed by atoms with Crippen molar-refractivity contribution in [3.63, 3.8) is 0 Å². The van der Waals surface area contributed by atoms with Crippen molar-refractivity contribution in [2.24, 2.45) is 0 Å². The minimum Gasteiger partial charge on any atom is -0.382 e. The summed E-state index contributed by atoms with van der Waals surface area (Å²) < 4.78 is 0. The number of nitrogen functional groups attached to an aromatic ring is 1. The van der Waals surface area contributed by atoms with Crippen molar-refractivity contribution in [1.82, 2.24) is 9.97 Å². The van der Waals surface area contributed by atoms with Gasteiger partial charge in [0.05, 0.1) is 0 Å². The molecule has 0 amide bonds. The lowest BCUT2D eigenvalue weighted by atomic mass is 9.97. The van der Waals surface area contributed by atoms with Crippen LogP contribution in [0.5, 0.6) is 0 Å². The molecule has 2 N–H and O–H groups in total. The lowest BCUT2D eigenvalue weighted by molar-refractivity contribution is 1.22. The number of hydrogen-bond donors (Lipinski definition) is 1. The normalized spacial score (nSPS) is 10.3. The Hall–Kier alpha value is -2.68. The zero-order valence-electron chi connectivity index (χ0n) is 10.3. The van der Waals surface area contributed by atoms with Crippen molar-refractivity contribution in [1.29, 1.82) is 0 Å². The van der Waals surface area contributed by atoms with Gasteiger partial charge in [-0.3, -0.25) is 4.98 Å². The van der Waals surface area contributed by atoms with Crippen LogP contribution < -0.4 is 5.73 Å². The van der Waals surface area contributed by atoms with Gasteiger partial charge in [0.1, 0.15) is 11.5 Å². The minimum atomic E-state index is 0.450. The van der Waals surface area contributed by atoms with Crippen LogP contribution in [-0.4, -0.2) is 9.97 Å². The molecular weight excluding hydrogens is 234 g/mol. The number of benzene rings is 2. The van der Waals surface area contributed by atoms with Crippen molar-refractivity contribution in [3.8, 4) is 22.4 Å². The maximum Gasteiger partial charge on any atom is 0.150 e. The summed E-state index contributed by atoms with van der Waals surface area (Å²) >= 11 is 0. The smallest absolute Gasteiger partial charge is 0.150 e. The van der Waals surface area contributed by atoms with Gasteiger partial charge in [0.25, 0.3) is 0 Å². The number of anilines is 1. The third-order valence-corrected chi connectivity index (χ3v) is 2.99. The van der Waals surface area contributed by atoms with Gasteiger partial charge in [-0.15, -0.1) is 0 Å². The predicted molar refractivity (Wildman–Crippen MR) is 77.3 cm³/mol. The molecule has 3 aromatic rings. The molecule has 0 unspecified atom stereocenters. The van der Waals surface area contributed by atoms with E-state index in [-0.39, 0.29) is 0 Å². The van der Waals surface area contributed by atoms with Crippen LogP contribution in [0, 0.1) is 0 Å². The second kappa shape index (κ2) is 4.90. The summed E-state index contributed by atoms with van der Waals surface area (Å²) in [5.41, 5.74) is 9.90. The van der Waals surface area contributed by atoms with E-state index in [0.29, 0.717) is 5.82 Å². The first kappa shape index (κ1) is 11.4. The average Bonchev–Trinajstić information content (AvgIpc) is 2.49. The molecule has 3 rings (SSSR count). The van der Waals surface area contributed by atoms with Crippen LogP contribution in [0.15, 0.2) is 67.0 Å². The van der Waals surface area contributed by atoms with Crippen molar-refractivity contribution in [2.75, 3.05) is 5.73 Å². The van der Waals surface area contributed by atoms with Crippen molar-refractivity contribution < 1.29 is 0 Å². The quantitative estimate of drug-likeness (QED) is 0.755. The molecule has 0 saturated carbocycles. The Morgan fingerprint density at radius 1 is 0.684 bits per heavy atom. The van der Waals surface area contributed by atoms with Crippen LogP contribution >= 0.6 is 0 Å². The molecule has 0 aliphatic heterocycles. The first-order valence-corrected chi connectivity index (χ1v) is 6.07. The van der Waals surface area contributed by atoms with E-state index < -0.39 is 0 Å². The lowest BCUT2D eigenvalue weighted by Gasteiger charge is -2.10.